The van der Waals surface area contributed by atoms with E-state index in [2.05, 4.69) is 38.5 Å². The van der Waals surface area contributed by atoms with E-state index < -0.39 is 0 Å². The lowest BCUT2D eigenvalue weighted by molar-refractivity contribution is 0.0936. The van der Waals surface area contributed by atoms with Gasteiger partial charge in [0.25, 0.3) is 5.91 Å². The molecule has 1 N–H and O–H groups in total. The first-order valence-electron chi connectivity index (χ1n) is 6.21. The van der Waals surface area contributed by atoms with E-state index in [4.69, 9.17) is 0 Å². The van der Waals surface area contributed by atoms with Gasteiger partial charge in [0.1, 0.15) is 0 Å². The molecule has 0 bridgehead atoms. The van der Waals surface area contributed by atoms with E-state index in [0.717, 1.165) is 17.3 Å². The van der Waals surface area contributed by atoms with Crippen LogP contribution in [0.4, 0.5) is 0 Å². The second-order valence-corrected chi connectivity index (χ2v) is 5.73. The molecule has 0 saturated heterocycles. The molecule has 0 aliphatic heterocycles. The third-order valence-electron chi connectivity index (χ3n) is 3.46. The highest BCUT2D eigenvalue weighted by Gasteiger charge is 2.24. The highest BCUT2D eigenvalue weighted by atomic mass is 79.9. The van der Waals surface area contributed by atoms with Gasteiger partial charge in [0.2, 0.25) is 0 Å². The fourth-order valence-electron chi connectivity index (χ4n) is 2.52. The Labute approximate surface area is 119 Å². The number of fused-ring (bicyclic) bond motifs is 1. The van der Waals surface area contributed by atoms with Gasteiger partial charge in [0.15, 0.2) is 0 Å². The van der Waals surface area contributed by atoms with Crippen LogP contribution in [0.3, 0.4) is 0 Å². The van der Waals surface area contributed by atoms with Gasteiger partial charge >= 0.3 is 0 Å². The van der Waals surface area contributed by atoms with Crippen LogP contribution < -0.4 is 5.32 Å². The Morgan fingerprint density at radius 1 is 1.53 bits per heavy atom. The molecule has 0 radical (unpaired) electrons. The summed E-state index contributed by atoms with van der Waals surface area (Å²) in [5.41, 5.74) is 3.14. The highest BCUT2D eigenvalue weighted by Crippen LogP contribution is 2.33. The Kier molecular flexibility index (Phi) is 3.14. The Balaban J connectivity index is 1.78. The van der Waals surface area contributed by atoms with Gasteiger partial charge in [0.05, 0.1) is 17.8 Å². The predicted molar refractivity (Wildman–Crippen MR) is 75.9 cm³/mol. The topological polar surface area (TPSA) is 46.9 Å². The number of halogens is 1. The normalized spacial score (nSPS) is 17.3. The first kappa shape index (κ1) is 12.4. The van der Waals surface area contributed by atoms with Crippen LogP contribution in [0.15, 0.2) is 35.1 Å². The maximum Gasteiger partial charge on any atom is 0.254 e. The molecule has 1 aromatic heterocycles. The van der Waals surface area contributed by atoms with Gasteiger partial charge < -0.3 is 5.32 Å². The fraction of sp³-hybridized carbons (Fsp3) is 0.286. The van der Waals surface area contributed by atoms with E-state index >= 15 is 0 Å². The molecule has 1 aromatic carbocycles. The quantitative estimate of drug-likeness (QED) is 0.924. The molecule has 0 saturated carbocycles. The summed E-state index contributed by atoms with van der Waals surface area (Å²) in [4.78, 5) is 12.1. The summed E-state index contributed by atoms with van der Waals surface area (Å²) in [6.45, 7) is 0. The molecule has 1 atom stereocenters. The van der Waals surface area contributed by atoms with Gasteiger partial charge in [-0.3, -0.25) is 9.48 Å². The standard InChI is InChI=1S/C14H14BrN3O/c1-18-8-10(7-16-18)14(19)17-13-5-2-9-6-11(15)3-4-12(9)13/h3-4,6-8,13H,2,5H2,1H3,(H,17,19). The minimum Gasteiger partial charge on any atom is -0.345 e. The average Bonchev–Trinajstić information content (AvgIpc) is 2.96. The molecule has 1 unspecified atom stereocenters. The van der Waals surface area contributed by atoms with E-state index in [1.165, 1.54) is 11.1 Å². The molecular formula is C14H14BrN3O. The number of aromatic nitrogens is 2. The Morgan fingerprint density at radius 3 is 3.11 bits per heavy atom. The number of nitrogens with one attached hydrogen (secondary N) is 1. The maximum absolute atomic E-state index is 12.1. The summed E-state index contributed by atoms with van der Waals surface area (Å²) >= 11 is 3.48. The summed E-state index contributed by atoms with van der Waals surface area (Å²) in [5, 5.41) is 7.09. The van der Waals surface area contributed by atoms with Crippen molar-refractivity contribution in [3.8, 4) is 0 Å². The summed E-state index contributed by atoms with van der Waals surface area (Å²) in [7, 11) is 1.80. The monoisotopic (exact) mass is 319 g/mol. The average molecular weight is 320 g/mol. The van der Waals surface area contributed by atoms with Crippen molar-refractivity contribution in [1.29, 1.82) is 0 Å². The lowest BCUT2D eigenvalue weighted by Crippen LogP contribution is -2.26. The number of carbonyl (C=O) groups is 1. The van der Waals surface area contributed by atoms with E-state index in [-0.39, 0.29) is 11.9 Å². The lowest BCUT2D eigenvalue weighted by Gasteiger charge is -2.13. The SMILES string of the molecule is Cn1cc(C(=O)NC2CCc3cc(Br)ccc32)cn1. The minimum atomic E-state index is -0.0612. The zero-order valence-corrected chi connectivity index (χ0v) is 12.1. The highest BCUT2D eigenvalue weighted by molar-refractivity contribution is 9.10. The molecule has 0 spiro atoms. The van der Waals surface area contributed by atoms with Crippen molar-refractivity contribution >= 4 is 21.8 Å². The molecule has 98 valence electrons. The third-order valence-corrected chi connectivity index (χ3v) is 3.95. The number of benzene rings is 1. The zero-order chi connectivity index (χ0) is 13.4. The number of hydrogen-bond donors (Lipinski definition) is 1. The van der Waals surface area contributed by atoms with Gasteiger partial charge in [-0.2, -0.15) is 5.10 Å². The predicted octanol–water partition coefficient (Wildman–Crippen LogP) is 2.60. The molecule has 3 rings (SSSR count). The van der Waals surface area contributed by atoms with Crippen LogP contribution in [-0.2, 0) is 13.5 Å². The van der Waals surface area contributed by atoms with E-state index in [1.54, 1.807) is 24.1 Å². The Bertz CT molecular complexity index is 635. The number of nitrogens with zero attached hydrogens (tertiary/aromatic N) is 2. The summed E-state index contributed by atoms with van der Waals surface area (Å²) in [5.74, 6) is -0.0612. The second kappa shape index (κ2) is 4.81. The molecular weight excluding hydrogens is 306 g/mol. The van der Waals surface area contributed by atoms with E-state index in [0.29, 0.717) is 5.56 Å². The van der Waals surface area contributed by atoms with Crippen LogP contribution in [-0.4, -0.2) is 15.7 Å². The molecule has 5 heteroatoms. The van der Waals surface area contributed by atoms with Gasteiger partial charge in [-0.15, -0.1) is 0 Å². The van der Waals surface area contributed by atoms with Crippen molar-refractivity contribution in [1.82, 2.24) is 15.1 Å². The molecule has 1 heterocycles. The number of carbonyl (C=O) groups excluding carboxylic acids is 1. The van der Waals surface area contributed by atoms with Crippen molar-refractivity contribution in [3.05, 3.63) is 51.8 Å². The molecule has 2 aromatic rings. The third kappa shape index (κ3) is 2.42. The van der Waals surface area contributed by atoms with Crippen LogP contribution in [0, 0.1) is 0 Å². The Hall–Kier alpha value is -1.62. The molecule has 1 aliphatic rings. The largest absolute Gasteiger partial charge is 0.345 e. The Morgan fingerprint density at radius 2 is 2.37 bits per heavy atom. The molecule has 19 heavy (non-hydrogen) atoms. The van der Waals surface area contributed by atoms with E-state index in [9.17, 15) is 4.79 Å². The summed E-state index contributed by atoms with van der Waals surface area (Å²) < 4.78 is 2.72. The van der Waals surface area contributed by atoms with Crippen LogP contribution in [0.25, 0.3) is 0 Å². The number of aryl methyl sites for hydroxylation is 2. The van der Waals surface area contributed by atoms with Crippen molar-refractivity contribution in [2.24, 2.45) is 7.05 Å². The van der Waals surface area contributed by atoms with Gasteiger partial charge in [-0.05, 0) is 36.1 Å². The lowest BCUT2D eigenvalue weighted by atomic mass is 10.1. The van der Waals surface area contributed by atoms with Crippen LogP contribution in [0.2, 0.25) is 0 Å². The van der Waals surface area contributed by atoms with Gasteiger partial charge in [0, 0.05) is 17.7 Å². The fourth-order valence-corrected chi connectivity index (χ4v) is 2.92. The van der Waals surface area contributed by atoms with E-state index in [1.807, 2.05) is 6.07 Å². The van der Waals surface area contributed by atoms with Crippen LogP contribution in [0.1, 0.15) is 33.9 Å². The minimum absolute atomic E-state index is 0.0612. The van der Waals surface area contributed by atoms with Crippen molar-refractivity contribution < 1.29 is 4.79 Å². The van der Waals surface area contributed by atoms with Gasteiger partial charge in [-0.25, -0.2) is 0 Å². The maximum atomic E-state index is 12.1. The second-order valence-electron chi connectivity index (χ2n) is 4.81. The number of rotatable bonds is 2. The first-order valence-corrected chi connectivity index (χ1v) is 7.00. The molecule has 0 fully saturated rings. The number of hydrogen-bond acceptors (Lipinski definition) is 2. The van der Waals surface area contributed by atoms with Crippen molar-refractivity contribution in [2.45, 2.75) is 18.9 Å². The molecule has 4 nitrogen and oxygen atoms in total. The molecule has 1 aliphatic carbocycles. The smallest absolute Gasteiger partial charge is 0.254 e. The zero-order valence-electron chi connectivity index (χ0n) is 10.6. The summed E-state index contributed by atoms with van der Waals surface area (Å²) in [6.07, 6.45) is 5.28. The van der Waals surface area contributed by atoms with Gasteiger partial charge in [-0.1, -0.05) is 22.0 Å². The number of amides is 1. The summed E-state index contributed by atoms with van der Waals surface area (Å²) in [6, 6.07) is 6.34. The first-order chi connectivity index (χ1) is 9.13. The van der Waals surface area contributed by atoms with Crippen molar-refractivity contribution in [2.75, 3.05) is 0 Å². The molecule has 1 amide bonds. The van der Waals surface area contributed by atoms with Crippen LogP contribution in [0.5, 0.6) is 0 Å². The van der Waals surface area contributed by atoms with Crippen molar-refractivity contribution in [3.63, 3.8) is 0 Å². The van der Waals surface area contributed by atoms with Crippen LogP contribution >= 0.6 is 15.9 Å².